The van der Waals surface area contributed by atoms with E-state index in [2.05, 4.69) is 15.5 Å². The lowest BCUT2D eigenvalue weighted by molar-refractivity contribution is -0.164. The normalized spacial score (nSPS) is 16.1. The standard InChI is InChI=1S/C16H16F3N5O/c17-16(18,19)14(25)13(11-23-9-5-2-6-10-23)15-20-21-22-24(15)12-7-3-1-4-8-12/h1,3-4,7-8,11H,2,5-6,9-10H2/b13-11+. The summed E-state index contributed by atoms with van der Waals surface area (Å²) in [7, 11) is 0. The van der Waals surface area contributed by atoms with E-state index in [1.807, 2.05) is 0 Å². The second-order valence-electron chi connectivity index (χ2n) is 5.72. The summed E-state index contributed by atoms with van der Waals surface area (Å²) in [4.78, 5) is 13.7. The maximum atomic E-state index is 13.1. The number of halogens is 3. The topological polar surface area (TPSA) is 63.9 Å². The fraction of sp³-hybridized carbons (Fsp3) is 0.375. The van der Waals surface area contributed by atoms with Gasteiger partial charge in [-0.2, -0.15) is 17.9 Å². The number of hydrogen-bond donors (Lipinski definition) is 0. The monoisotopic (exact) mass is 351 g/mol. The lowest BCUT2D eigenvalue weighted by atomic mass is 10.1. The Morgan fingerprint density at radius 3 is 2.40 bits per heavy atom. The third-order valence-electron chi connectivity index (χ3n) is 3.92. The molecule has 0 atom stereocenters. The number of piperidine rings is 1. The molecule has 6 nitrogen and oxygen atoms in total. The summed E-state index contributed by atoms with van der Waals surface area (Å²) in [6.07, 6.45) is -1.01. The van der Waals surface area contributed by atoms with Crippen LogP contribution < -0.4 is 0 Å². The number of carbonyl (C=O) groups is 1. The van der Waals surface area contributed by atoms with Crippen LogP contribution in [-0.4, -0.2) is 50.2 Å². The summed E-state index contributed by atoms with van der Waals surface area (Å²) < 4.78 is 40.4. The van der Waals surface area contributed by atoms with Gasteiger partial charge >= 0.3 is 6.18 Å². The van der Waals surface area contributed by atoms with E-state index in [9.17, 15) is 18.0 Å². The number of allylic oxidation sites excluding steroid dienone is 1. The van der Waals surface area contributed by atoms with E-state index in [0.717, 1.165) is 23.9 Å². The maximum Gasteiger partial charge on any atom is 0.455 e. The number of Topliss-reactive ketones (excluding diaryl/α,β-unsaturated/α-hetero) is 1. The highest BCUT2D eigenvalue weighted by Gasteiger charge is 2.43. The molecule has 1 aliphatic heterocycles. The number of alkyl halides is 3. The van der Waals surface area contributed by atoms with Crippen LogP contribution in [0.4, 0.5) is 13.2 Å². The van der Waals surface area contributed by atoms with Crippen LogP contribution in [-0.2, 0) is 4.79 Å². The Bertz CT molecular complexity index is 764. The molecule has 0 amide bonds. The van der Waals surface area contributed by atoms with Gasteiger partial charge in [0, 0.05) is 19.3 Å². The molecular formula is C16H16F3N5O. The first kappa shape index (κ1) is 17.1. The van der Waals surface area contributed by atoms with Crippen molar-refractivity contribution >= 4 is 11.4 Å². The number of hydrogen-bond acceptors (Lipinski definition) is 5. The number of carbonyl (C=O) groups excluding carboxylic acids is 1. The number of nitrogens with zero attached hydrogens (tertiary/aromatic N) is 5. The third kappa shape index (κ3) is 3.86. The summed E-state index contributed by atoms with van der Waals surface area (Å²) in [6.45, 7) is 1.20. The predicted molar refractivity (Wildman–Crippen MR) is 83.6 cm³/mol. The van der Waals surface area contributed by atoms with E-state index in [-0.39, 0.29) is 5.82 Å². The van der Waals surface area contributed by atoms with Gasteiger partial charge in [-0.1, -0.05) is 18.2 Å². The van der Waals surface area contributed by atoms with Crippen molar-refractivity contribution in [1.82, 2.24) is 25.1 Å². The quantitative estimate of drug-likeness (QED) is 0.793. The Morgan fingerprint density at radius 2 is 1.76 bits per heavy atom. The minimum atomic E-state index is -5.00. The molecule has 0 aliphatic carbocycles. The van der Waals surface area contributed by atoms with Gasteiger partial charge in [-0.15, -0.1) is 5.10 Å². The number of rotatable bonds is 4. The van der Waals surface area contributed by atoms with Crippen LogP contribution in [0.25, 0.3) is 11.3 Å². The Labute approximate surface area is 141 Å². The predicted octanol–water partition coefficient (Wildman–Crippen LogP) is 2.62. The number of para-hydroxylation sites is 1. The molecule has 1 aromatic heterocycles. The summed E-state index contributed by atoms with van der Waals surface area (Å²) in [5, 5.41) is 10.9. The molecule has 0 bridgehead atoms. The minimum absolute atomic E-state index is 0.223. The van der Waals surface area contributed by atoms with Gasteiger partial charge in [0.2, 0.25) is 0 Å². The zero-order valence-corrected chi connectivity index (χ0v) is 13.3. The van der Waals surface area contributed by atoms with Crippen LogP contribution in [0.15, 0.2) is 36.5 Å². The SMILES string of the molecule is O=C(/C(=C\N1CCCCC1)c1nnnn1-c1ccccc1)C(F)(F)F. The summed E-state index contributed by atoms with van der Waals surface area (Å²) in [5.74, 6) is -2.18. The summed E-state index contributed by atoms with van der Waals surface area (Å²) in [6, 6.07) is 8.48. The van der Waals surface area contributed by atoms with Gasteiger partial charge in [0.25, 0.3) is 5.78 Å². The molecule has 2 heterocycles. The zero-order chi connectivity index (χ0) is 17.9. The molecule has 2 aromatic rings. The van der Waals surface area contributed by atoms with E-state index >= 15 is 0 Å². The van der Waals surface area contributed by atoms with Crippen molar-refractivity contribution in [3.8, 4) is 5.69 Å². The highest BCUT2D eigenvalue weighted by molar-refractivity contribution is 6.22. The molecule has 9 heteroatoms. The van der Waals surface area contributed by atoms with Gasteiger partial charge in [0.15, 0.2) is 5.82 Å². The first-order valence-corrected chi connectivity index (χ1v) is 7.88. The molecular weight excluding hydrogens is 335 g/mol. The molecule has 0 N–H and O–H groups in total. The molecule has 0 spiro atoms. The van der Waals surface area contributed by atoms with Crippen molar-refractivity contribution in [2.75, 3.05) is 13.1 Å². The fourth-order valence-electron chi connectivity index (χ4n) is 2.70. The van der Waals surface area contributed by atoms with Crippen molar-refractivity contribution in [1.29, 1.82) is 0 Å². The maximum absolute atomic E-state index is 13.1. The second kappa shape index (κ2) is 7.04. The van der Waals surface area contributed by atoms with Gasteiger partial charge in [-0.3, -0.25) is 4.79 Å². The van der Waals surface area contributed by atoms with Crippen molar-refractivity contribution in [3.63, 3.8) is 0 Å². The lowest BCUT2D eigenvalue weighted by Crippen LogP contribution is -2.29. The van der Waals surface area contributed by atoms with Gasteiger partial charge in [0.05, 0.1) is 11.3 Å². The van der Waals surface area contributed by atoms with Gasteiger partial charge in [-0.25, -0.2) is 0 Å². The fourth-order valence-corrected chi connectivity index (χ4v) is 2.70. The second-order valence-corrected chi connectivity index (χ2v) is 5.72. The van der Waals surface area contributed by atoms with E-state index in [4.69, 9.17) is 0 Å². The number of aromatic nitrogens is 4. The molecule has 0 radical (unpaired) electrons. The highest BCUT2D eigenvalue weighted by Crippen LogP contribution is 2.27. The number of tetrazole rings is 1. The molecule has 132 valence electrons. The van der Waals surface area contributed by atoms with E-state index < -0.39 is 17.5 Å². The summed E-state index contributed by atoms with van der Waals surface area (Å²) >= 11 is 0. The molecule has 1 fully saturated rings. The lowest BCUT2D eigenvalue weighted by Gasteiger charge is -2.26. The molecule has 1 aromatic carbocycles. The van der Waals surface area contributed by atoms with Crippen LogP contribution in [0.3, 0.4) is 0 Å². The van der Waals surface area contributed by atoms with Gasteiger partial charge in [-0.05, 0) is 41.8 Å². The van der Waals surface area contributed by atoms with Crippen molar-refractivity contribution in [3.05, 3.63) is 42.4 Å². The van der Waals surface area contributed by atoms with Crippen molar-refractivity contribution in [2.45, 2.75) is 25.4 Å². The highest BCUT2D eigenvalue weighted by atomic mass is 19.4. The van der Waals surface area contributed by atoms with Crippen molar-refractivity contribution in [2.24, 2.45) is 0 Å². The third-order valence-corrected chi connectivity index (χ3v) is 3.92. The van der Waals surface area contributed by atoms with Crippen LogP contribution in [0.1, 0.15) is 25.1 Å². The van der Waals surface area contributed by atoms with E-state index in [1.165, 1.54) is 6.20 Å². The van der Waals surface area contributed by atoms with Crippen LogP contribution in [0.5, 0.6) is 0 Å². The zero-order valence-electron chi connectivity index (χ0n) is 13.3. The largest absolute Gasteiger partial charge is 0.455 e. The Balaban J connectivity index is 2.05. The molecule has 0 saturated carbocycles. The van der Waals surface area contributed by atoms with E-state index in [0.29, 0.717) is 18.8 Å². The van der Waals surface area contributed by atoms with Crippen LogP contribution in [0.2, 0.25) is 0 Å². The summed E-state index contributed by atoms with van der Waals surface area (Å²) in [5.41, 5.74) is -0.0785. The smallest absolute Gasteiger partial charge is 0.377 e. The first-order valence-electron chi connectivity index (χ1n) is 7.88. The van der Waals surface area contributed by atoms with Gasteiger partial charge in [0.1, 0.15) is 0 Å². The first-order chi connectivity index (χ1) is 12.0. The molecule has 1 aliphatic rings. The Morgan fingerprint density at radius 1 is 1.08 bits per heavy atom. The Kier molecular flexibility index (Phi) is 4.82. The van der Waals surface area contributed by atoms with Gasteiger partial charge < -0.3 is 4.90 Å². The number of ketones is 1. The Hall–Kier alpha value is -2.71. The van der Waals surface area contributed by atoms with Crippen LogP contribution >= 0.6 is 0 Å². The minimum Gasteiger partial charge on any atom is -0.377 e. The average molecular weight is 351 g/mol. The molecule has 25 heavy (non-hydrogen) atoms. The van der Waals surface area contributed by atoms with E-state index in [1.54, 1.807) is 35.2 Å². The number of likely N-dealkylation sites (tertiary alicyclic amines) is 1. The average Bonchev–Trinajstić information content (AvgIpc) is 3.09. The molecule has 3 rings (SSSR count). The van der Waals surface area contributed by atoms with Crippen molar-refractivity contribution < 1.29 is 18.0 Å². The molecule has 1 saturated heterocycles. The van der Waals surface area contributed by atoms with Crippen LogP contribution in [0, 0.1) is 0 Å². The molecule has 0 unspecified atom stereocenters. The number of benzene rings is 1.